The van der Waals surface area contributed by atoms with E-state index < -0.39 is 15.1 Å². The zero-order valence-corrected chi connectivity index (χ0v) is 23.5. The molecule has 0 spiro atoms. The Bertz CT molecular complexity index is 701. The number of unbranched alkanes of at least 4 members (excludes halogenated alkanes) is 10. The molecule has 0 radical (unpaired) electrons. The topological polar surface area (TPSA) is 66.4 Å². The zero-order valence-electron chi connectivity index (χ0n) is 20.7. The van der Waals surface area contributed by atoms with Gasteiger partial charge in [0.1, 0.15) is 15.9 Å². The van der Waals surface area contributed by atoms with E-state index in [2.05, 4.69) is 26.0 Å². The van der Waals surface area contributed by atoms with Gasteiger partial charge in [0.25, 0.3) is 0 Å². The van der Waals surface area contributed by atoms with Crippen molar-refractivity contribution in [2.45, 2.75) is 123 Å². The van der Waals surface area contributed by atoms with Gasteiger partial charge in [-0.1, -0.05) is 90.2 Å². The molecule has 0 N–H and O–H groups in total. The van der Waals surface area contributed by atoms with Crippen LogP contribution in [0.5, 0.6) is 5.75 Å². The van der Waals surface area contributed by atoms with Gasteiger partial charge in [0, 0.05) is 0 Å². The van der Waals surface area contributed by atoms with E-state index in [1.165, 1.54) is 71.6 Å². The molecule has 0 aliphatic carbocycles. The Morgan fingerprint density at radius 1 is 0.806 bits per heavy atom. The minimum Gasteiger partial charge on any atom is -0.745 e. The van der Waals surface area contributed by atoms with E-state index in [1.807, 2.05) is 6.07 Å². The molecule has 0 aromatic heterocycles. The normalized spacial score (nSPS) is 11.9. The summed E-state index contributed by atoms with van der Waals surface area (Å²) in [6.07, 6.45) is 16.4. The van der Waals surface area contributed by atoms with Crippen LogP contribution in [0.3, 0.4) is 0 Å². The summed E-state index contributed by atoms with van der Waals surface area (Å²) < 4.78 is 40.7. The molecule has 0 saturated heterocycles. The predicted octanol–water partition coefficient (Wildman–Crippen LogP) is 4.16. The second-order valence-corrected chi connectivity index (χ2v) is 10.8. The van der Waals surface area contributed by atoms with E-state index in [9.17, 15) is 13.0 Å². The quantitative estimate of drug-likeness (QED) is 0.198. The molecule has 0 fully saturated rings. The minimum absolute atomic E-state index is 0. The summed E-state index contributed by atoms with van der Waals surface area (Å²) in [5.74, 6) is 0.552. The van der Waals surface area contributed by atoms with Crippen LogP contribution in [-0.4, -0.2) is 17.9 Å². The Labute approximate surface area is 214 Å². The number of ether oxygens (including phenoxy) is 1. The van der Waals surface area contributed by atoms with Crippen molar-refractivity contribution in [1.82, 2.24) is 0 Å². The largest absolute Gasteiger partial charge is 1.00 e. The van der Waals surface area contributed by atoms with E-state index in [0.717, 1.165) is 43.2 Å². The minimum atomic E-state index is -4.57. The van der Waals surface area contributed by atoms with E-state index in [0.29, 0.717) is 5.75 Å². The first-order valence-corrected chi connectivity index (χ1v) is 13.4. The molecule has 1 aromatic carbocycles. The number of rotatable bonds is 17. The van der Waals surface area contributed by atoms with Crippen LogP contribution in [0.15, 0.2) is 18.2 Å². The average molecular weight is 463 g/mol. The Hall–Kier alpha value is -0.0700. The van der Waals surface area contributed by atoms with Crippen molar-refractivity contribution in [2.24, 2.45) is 0 Å². The van der Waals surface area contributed by atoms with Crippen LogP contribution in [0.2, 0.25) is 0 Å². The second-order valence-electron chi connectivity index (χ2n) is 8.93. The molecule has 6 heteroatoms. The summed E-state index contributed by atoms with van der Waals surface area (Å²) in [6, 6.07) is 6.14. The Kier molecular flexibility index (Phi) is 16.5. The number of aryl methyl sites for hydroxylation is 2. The van der Waals surface area contributed by atoms with Gasteiger partial charge < -0.3 is 9.29 Å². The number of hydrogen-bond acceptors (Lipinski definition) is 4. The molecule has 0 aliphatic rings. The van der Waals surface area contributed by atoms with Gasteiger partial charge >= 0.3 is 29.6 Å². The SMILES string of the molecule is CCCCCCCCc1ccc(CCCCCCCC)c(OC(C)(C)S(=O)(=O)[O-])c1.[Na+]. The first-order chi connectivity index (χ1) is 14.2. The zero-order chi connectivity index (χ0) is 22.5. The fourth-order valence-corrected chi connectivity index (χ4v) is 3.77. The molecule has 0 unspecified atom stereocenters. The van der Waals surface area contributed by atoms with Crippen molar-refractivity contribution in [2.75, 3.05) is 0 Å². The van der Waals surface area contributed by atoms with Gasteiger partial charge in [-0.2, -0.15) is 0 Å². The van der Waals surface area contributed by atoms with E-state index >= 15 is 0 Å². The first kappa shape index (κ1) is 30.9. The first-order valence-electron chi connectivity index (χ1n) is 12.0. The van der Waals surface area contributed by atoms with Crippen LogP contribution in [0, 0.1) is 0 Å². The molecule has 0 amide bonds. The molecule has 0 bridgehead atoms. The fourth-order valence-electron chi connectivity index (χ4n) is 3.58. The molecule has 0 atom stereocenters. The van der Waals surface area contributed by atoms with Crippen LogP contribution in [0.25, 0.3) is 0 Å². The smallest absolute Gasteiger partial charge is 0.745 e. The molecule has 0 heterocycles. The summed E-state index contributed by atoms with van der Waals surface area (Å²) in [4.78, 5) is -1.78. The van der Waals surface area contributed by atoms with Gasteiger partial charge in [-0.3, -0.25) is 0 Å². The van der Waals surface area contributed by atoms with Crippen LogP contribution < -0.4 is 34.3 Å². The van der Waals surface area contributed by atoms with Crippen LogP contribution in [-0.2, 0) is 23.0 Å². The standard InChI is InChI=1S/C25H44O4S.Na/c1-5-7-9-11-13-15-17-22-19-20-23(18-16-14-12-10-8-6-2)24(21-22)29-25(3,4)30(26,27)28;/h19-21H,5-18H2,1-4H3,(H,26,27,28);/q;+1/p-1. The predicted molar refractivity (Wildman–Crippen MR) is 125 cm³/mol. The van der Waals surface area contributed by atoms with Gasteiger partial charge in [0.05, 0.1) is 0 Å². The van der Waals surface area contributed by atoms with Crippen molar-refractivity contribution in [3.63, 3.8) is 0 Å². The van der Waals surface area contributed by atoms with Gasteiger partial charge in [-0.05, 0) is 56.7 Å². The summed E-state index contributed by atoms with van der Waals surface area (Å²) in [5.41, 5.74) is 2.14. The van der Waals surface area contributed by atoms with Crippen LogP contribution in [0.4, 0.5) is 0 Å². The molecule has 174 valence electrons. The average Bonchev–Trinajstić information content (AvgIpc) is 2.67. The van der Waals surface area contributed by atoms with Crippen LogP contribution in [0.1, 0.15) is 116 Å². The van der Waals surface area contributed by atoms with Crippen molar-refractivity contribution in [1.29, 1.82) is 0 Å². The maximum absolute atomic E-state index is 11.6. The third-order valence-electron chi connectivity index (χ3n) is 5.71. The monoisotopic (exact) mass is 462 g/mol. The van der Waals surface area contributed by atoms with E-state index in [4.69, 9.17) is 4.74 Å². The Morgan fingerprint density at radius 3 is 1.81 bits per heavy atom. The van der Waals surface area contributed by atoms with Crippen molar-refractivity contribution in [3.8, 4) is 5.75 Å². The van der Waals surface area contributed by atoms with Gasteiger partial charge in [-0.15, -0.1) is 0 Å². The van der Waals surface area contributed by atoms with Crippen molar-refractivity contribution >= 4 is 10.1 Å². The summed E-state index contributed by atoms with van der Waals surface area (Å²) >= 11 is 0. The molecule has 1 aromatic rings. The summed E-state index contributed by atoms with van der Waals surface area (Å²) in [5, 5.41) is 0. The van der Waals surface area contributed by atoms with E-state index in [1.54, 1.807) is 0 Å². The van der Waals surface area contributed by atoms with E-state index in [-0.39, 0.29) is 29.6 Å². The molecule has 4 nitrogen and oxygen atoms in total. The molecule has 0 saturated carbocycles. The third kappa shape index (κ3) is 12.7. The Morgan fingerprint density at radius 2 is 1.29 bits per heavy atom. The second kappa shape index (κ2) is 16.5. The molecular formula is C25H43NaO4S. The molecular weight excluding hydrogens is 419 g/mol. The fraction of sp³-hybridized carbons (Fsp3) is 0.760. The van der Waals surface area contributed by atoms with Gasteiger partial charge in [0.2, 0.25) is 0 Å². The summed E-state index contributed by atoms with van der Waals surface area (Å²) in [7, 11) is -4.57. The molecule has 1 rings (SSSR count). The van der Waals surface area contributed by atoms with Crippen LogP contribution >= 0.6 is 0 Å². The third-order valence-corrected chi connectivity index (χ3v) is 7.00. The van der Waals surface area contributed by atoms with Crippen molar-refractivity contribution in [3.05, 3.63) is 29.3 Å². The molecule has 0 aliphatic heterocycles. The molecule has 31 heavy (non-hydrogen) atoms. The number of hydrogen-bond donors (Lipinski definition) is 0. The maximum atomic E-state index is 11.6. The maximum Gasteiger partial charge on any atom is 1.00 e. The van der Waals surface area contributed by atoms with Gasteiger partial charge in [0.15, 0.2) is 4.93 Å². The number of benzene rings is 1. The summed E-state index contributed by atoms with van der Waals surface area (Å²) in [6.45, 7) is 7.11. The van der Waals surface area contributed by atoms with Gasteiger partial charge in [-0.25, -0.2) is 8.42 Å². The Balaban J connectivity index is 0.00000900. The van der Waals surface area contributed by atoms with Crippen molar-refractivity contribution < 1.29 is 47.3 Å².